The highest BCUT2D eigenvalue weighted by Crippen LogP contribution is 2.38. The highest BCUT2D eigenvalue weighted by atomic mass is 19.1. The first-order chi connectivity index (χ1) is 37.7. The standard InChI is InChI=1S/2C21H27FN6.C15H15FN6.7H2/c1-13(2)11-21(3)12-28(10-8-16(21)23)17-7-6-15(22)19(25-17)18-14-5-4-9-24-20(14)27-26-18;1-13(2)10-15-12-28(9-7-14(15)11-23)18-6-5-17(22)20(25-18)19-16-4-3-8-24-21(16)27-26-19;16-11-3-4-12(22-7-9(6-17)8-22)19-14(11)13-10-2-1-5-18-15(10)21-20-13;;;;;;;/h4-7,9,13,16H,8,10-12,23H2,1-3H3,(H,24,26,27);3-6,8,13-15H,7,9-12,23H2,1-2H3,(H,24,26,27);1-5,9H,6-8,17H2,(H,18,20,21);7*1H. The Balaban J connectivity index is 0.000000323. The molecule has 12 heterocycles. The van der Waals surface area contributed by atoms with Gasteiger partial charge in [0.05, 0.1) is 17.1 Å². The zero-order valence-electron chi connectivity index (χ0n) is 44.8. The summed E-state index contributed by atoms with van der Waals surface area (Å²) in [4.78, 5) is 33.0. The van der Waals surface area contributed by atoms with Crippen molar-refractivity contribution in [3.05, 3.63) is 109 Å². The van der Waals surface area contributed by atoms with Crippen LogP contribution in [0, 0.1) is 52.5 Å². The lowest BCUT2D eigenvalue weighted by Gasteiger charge is -2.46. The van der Waals surface area contributed by atoms with Gasteiger partial charge in [-0.05, 0) is 135 Å². The fourth-order valence-electron chi connectivity index (χ4n) is 11.4. The van der Waals surface area contributed by atoms with Gasteiger partial charge in [-0.25, -0.2) is 43.1 Å². The van der Waals surface area contributed by atoms with Gasteiger partial charge in [0.2, 0.25) is 0 Å². The molecule has 12 rings (SSSR count). The Kier molecular flexibility index (Phi) is 16.0. The summed E-state index contributed by atoms with van der Waals surface area (Å²) < 4.78 is 43.5. The van der Waals surface area contributed by atoms with Crippen molar-refractivity contribution in [1.82, 2.24) is 60.5 Å². The van der Waals surface area contributed by atoms with Crippen LogP contribution in [0.2, 0.25) is 0 Å². The van der Waals surface area contributed by atoms with Gasteiger partial charge < -0.3 is 31.9 Å². The second-order valence-corrected chi connectivity index (χ2v) is 22.1. The van der Waals surface area contributed by atoms with Crippen molar-refractivity contribution in [2.45, 2.75) is 66.3 Å². The Labute approximate surface area is 461 Å². The van der Waals surface area contributed by atoms with Crippen molar-refractivity contribution in [2.24, 2.45) is 52.2 Å². The van der Waals surface area contributed by atoms with Crippen LogP contribution in [0.4, 0.5) is 30.6 Å². The van der Waals surface area contributed by atoms with E-state index in [1.165, 1.54) is 18.2 Å². The van der Waals surface area contributed by atoms with E-state index in [4.69, 9.17) is 17.2 Å². The maximum atomic E-state index is 14.6. The third-order valence-electron chi connectivity index (χ3n) is 15.5. The van der Waals surface area contributed by atoms with Gasteiger partial charge in [-0.2, -0.15) is 15.3 Å². The van der Waals surface area contributed by atoms with Gasteiger partial charge in [0.1, 0.15) is 34.5 Å². The number of rotatable bonds is 12. The number of pyridine rings is 6. The smallest absolute Gasteiger partial charge is 0.181 e. The minimum Gasteiger partial charge on any atom is -0.356 e. The molecular weight excluding hydrogens is 994 g/mol. The number of nitrogens with two attached hydrogens (primary N) is 3. The number of nitrogens with zero attached hydrogens (tertiary/aromatic N) is 12. The Bertz CT molecular complexity index is 3510. The van der Waals surface area contributed by atoms with E-state index in [0.717, 1.165) is 105 Å². The molecule has 0 spiro atoms. The molecule has 0 bridgehead atoms. The molecule has 4 unspecified atom stereocenters. The zero-order valence-corrected chi connectivity index (χ0v) is 44.8. The first-order valence-corrected chi connectivity index (χ1v) is 27.0. The predicted molar refractivity (Wildman–Crippen MR) is 315 cm³/mol. The van der Waals surface area contributed by atoms with E-state index in [2.05, 4.69) is 110 Å². The molecule has 0 radical (unpaired) electrons. The first-order valence-electron chi connectivity index (χ1n) is 27.0. The molecule has 0 saturated carbocycles. The number of fused-ring (bicyclic) bond motifs is 3. The number of aromatic nitrogens is 12. The third kappa shape index (κ3) is 11.4. The van der Waals surface area contributed by atoms with Crippen LogP contribution in [0.15, 0.2) is 91.4 Å². The molecule has 3 fully saturated rings. The van der Waals surface area contributed by atoms with E-state index in [-0.39, 0.29) is 56.0 Å². The molecule has 3 saturated heterocycles. The number of anilines is 3. The van der Waals surface area contributed by atoms with E-state index in [0.29, 0.717) is 70.2 Å². The SMILES string of the molecule is CC(C)CC1(C)CN(c2ccc(F)c(-c3[nH]nc4ncccc34)n2)CCC1N.CC(C)CC1CN(c2ccc(F)c(-c3[nH]nc4ncccc34)n2)CCC1CN.NCC1CN(c2ccc(F)c(-c3[nH]nc4ncccc34)n2)C1.[HH].[HH].[HH].[HH].[HH].[HH].[HH]. The van der Waals surface area contributed by atoms with Crippen LogP contribution >= 0.6 is 0 Å². The molecule has 18 nitrogen and oxygen atoms in total. The number of H-pyrrole nitrogens is 3. The molecule has 9 aromatic rings. The van der Waals surface area contributed by atoms with E-state index < -0.39 is 0 Å². The monoisotopic (exact) mass is 1080 g/mol. The van der Waals surface area contributed by atoms with Crippen LogP contribution in [0.25, 0.3) is 67.3 Å². The van der Waals surface area contributed by atoms with E-state index >= 15 is 0 Å². The molecule has 0 amide bonds. The maximum Gasteiger partial charge on any atom is 0.181 e. The van der Waals surface area contributed by atoms with Crippen molar-refractivity contribution in [3.8, 4) is 34.2 Å². The molecule has 3 aliphatic rings. The fraction of sp³-hybridized carbons (Fsp3) is 0.421. The van der Waals surface area contributed by atoms with E-state index in [1.807, 2.05) is 30.3 Å². The molecular formula is C57H83F3N18. The summed E-state index contributed by atoms with van der Waals surface area (Å²) in [6.07, 6.45) is 9.12. The van der Waals surface area contributed by atoms with Crippen LogP contribution in [-0.4, -0.2) is 119 Å². The Morgan fingerprint density at radius 3 is 1.46 bits per heavy atom. The molecule has 4 atom stereocenters. The van der Waals surface area contributed by atoms with Gasteiger partial charge in [0.25, 0.3) is 0 Å². The van der Waals surface area contributed by atoms with Crippen LogP contribution in [0.3, 0.4) is 0 Å². The molecule has 0 aliphatic carbocycles. The summed E-state index contributed by atoms with van der Waals surface area (Å²) in [6, 6.07) is 20.8. The number of nitrogens with one attached hydrogen (secondary N) is 3. The Hall–Kier alpha value is -7.62. The Morgan fingerprint density at radius 1 is 0.577 bits per heavy atom. The van der Waals surface area contributed by atoms with Gasteiger partial charge in [-0.15, -0.1) is 0 Å². The molecule has 422 valence electrons. The van der Waals surface area contributed by atoms with Gasteiger partial charge in [-0.3, -0.25) is 15.3 Å². The molecule has 78 heavy (non-hydrogen) atoms. The zero-order chi connectivity index (χ0) is 54.7. The lowest BCUT2D eigenvalue weighted by molar-refractivity contribution is 0.176. The number of piperidine rings is 2. The van der Waals surface area contributed by atoms with E-state index in [9.17, 15) is 13.2 Å². The van der Waals surface area contributed by atoms with Gasteiger partial charge in [0, 0.05) is 101 Å². The summed E-state index contributed by atoms with van der Waals surface area (Å²) in [5.41, 5.74) is 22.3. The van der Waals surface area contributed by atoms with E-state index in [1.54, 1.807) is 42.9 Å². The lowest BCUT2D eigenvalue weighted by Crippen LogP contribution is -2.54. The van der Waals surface area contributed by atoms with Crippen LogP contribution in [0.1, 0.15) is 70.3 Å². The van der Waals surface area contributed by atoms with Crippen LogP contribution in [0.5, 0.6) is 0 Å². The quantitative estimate of drug-likeness (QED) is 0.0666. The normalized spacial score (nSPS) is 19.8. The van der Waals surface area contributed by atoms with Crippen molar-refractivity contribution < 1.29 is 23.2 Å². The average molecular weight is 1080 g/mol. The van der Waals surface area contributed by atoms with Crippen molar-refractivity contribution in [2.75, 3.05) is 67.1 Å². The molecule has 3 aliphatic heterocycles. The molecule has 0 aromatic carbocycles. The minimum atomic E-state index is -0.381. The van der Waals surface area contributed by atoms with Gasteiger partial charge in [-0.1, -0.05) is 34.6 Å². The number of aromatic amines is 3. The van der Waals surface area contributed by atoms with Crippen LogP contribution in [-0.2, 0) is 0 Å². The number of hydrogen-bond acceptors (Lipinski definition) is 15. The molecule has 9 aromatic heterocycles. The van der Waals surface area contributed by atoms with Crippen LogP contribution < -0.4 is 31.9 Å². The minimum absolute atomic E-state index is 0. The van der Waals surface area contributed by atoms with Gasteiger partial charge >= 0.3 is 0 Å². The Morgan fingerprint density at radius 2 is 1.03 bits per heavy atom. The average Bonchev–Trinajstić information content (AvgIpc) is 3.82. The predicted octanol–water partition coefficient (Wildman–Crippen LogP) is 10.6. The highest BCUT2D eigenvalue weighted by molar-refractivity contribution is 5.91. The van der Waals surface area contributed by atoms with Crippen molar-refractivity contribution >= 4 is 50.6 Å². The van der Waals surface area contributed by atoms with Crippen molar-refractivity contribution in [3.63, 3.8) is 0 Å². The number of hydrogen-bond donors (Lipinski definition) is 6. The molecule has 9 N–H and O–H groups in total. The second-order valence-electron chi connectivity index (χ2n) is 22.1. The maximum absolute atomic E-state index is 14.6. The highest BCUT2D eigenvalue weighted by Gasteiger charge is 2.39. The second kappa shape index (κ2) is 23.1. The fourth-order valence-corrected chi connectivity index (χ4v) is 11.4. The lowest BCUT2D eigenvalue weighted by atomic mass is 9.72. The summed E-state index contributed by atoms with van der Waals surface area (Å²) in [7, 11) is 0. The summed E-state index contributed by atoms with van der Waals surface area (Å²) in [5.74, 6) is 3.96. The van der Waals surface area contributed by atoms with Gasteiger partial charge in [0.15, 0.2) is 34.4 Å². The third-order valence-corrected chi connectivity index (χ3v) is 15.5. The largest absolute Gasteiger partial charge is 0.356 e. The molecule has 21 heteroatoms. The first kappa shape index (κ1) is 53.8. The summed E-state index contributed by atoms with van der Waals surface area (Å²) >= 11 is 0. The topological polar surface area (TPSA) is 251 Å². The summed E-state index contributed by atoms with van der Waals surface area (Å²) in [5, 5.41) is 23.4. The number of halogens is 3. The summed E-state index contributed by atoms with van der Waals surface area (Å²) in [6.45, 7) is 17.7. The van der Waals surface area contributed by atoms with Crippen molar-refractivity contribution in [1.29, 1.82) is 0 Å².